The number of ether oxygens (including phenoxy) is 1. The van der Waals surface area contributed by atoms with Crippen LogP contribution < -0.4 is 10.7 Å². The first-order valence-electron chi connectivity index (χ1n) is 32.8. The van der Waals surface area contributed by atoms with Gasteiger partial charge in [0, 0.05) is 79.2 Å². The Kier molecular flexibility index (Phi) is 28.1. The smallest absolute Gasteiger partial charge is 0.259 e. The van der Waals surface area contributed by atoms with Crippen molar-refractivity contribution in [3.63, 3.8) is 0 Å². The maximum atomic E-state index is 15.0. The van der Waals surface area contributed by atoms with Gasteiger partial charge in [-0.05, 0) is 175 Å². The number of methoxy groups -OCH3 is 1. The summed E-state index contributed by atoms with van der Waals surface area (Å²) in [6, 6.07) is 10.1. The lowest BCUT2D eigenvalue weighted by Gasteiger charge is -2.47. The first-order chi connectivity index (χ1) is 39.7. The predicted octanol–water partition coefficient (Wildman–Crippen LogP) is 16.1. The largest absolute Gasteiger partial charge is 0.375 e. The number of likely N-dealkylation sites (tertiary alicyclic amines) is 1. The Morgan fingerprint density at radius 2 is 1.63 bits per heavy atom. The second-order valence-electron chi connectivity index (χ2n) is 26.2. The average Bonchev–Trinajstić information content (AvgIpc) is 2.77. The molecule has 1 aromatic carbocycles. The molecule has 2 N–H and O–H groups in total. The third-order valence-electron chi connectivity index (χ3n) is 19.2. The fraction of sp³-hybridized carbons (Fsp3) is 0.714. The van der Waals surface area contributed by atoms with E-state index in [1.807, 2.05) is 12.3 Å². The molecule has 7 atom stereocenters. The fourth-order valence-electron chi connectivity index (χ4n) is 13.5. The molecule has 2 aliphatic heterocycles. The highest BCUT2D eigenvalue weighted by Gasteiger charge is 2.44. The Balaban J connectivity index is 0.000000568. The molecular weight excluding hydrogens is 1050 g/mol. The molecule has 0 bridgehead atoms. The number of nitrogens with zero attached hydrogens (tertiary/aromatic N) is 5. The number of Topliss-reactive ketones (excluding diaryl/α,β-unsaturated/α-hetero) is 1. The molecule has 13 heteroatoms. The van der Waals surface area contributed by atoms with E-state index in [9.17, 15) is 14.4 Å². The molecule has 0 spiro atoms. The van der Waals surface area contributed by atoms with Gasteiger partial charge in [-0.15, -0.1) is 11.3 Å². The molecule has 2 aliphatic carbocycles. The molecule has 12 nitrogen and oxygen atoms in total. The summed E-state index contributed by atoms with van der Waals surface area (Å²) in [7, 11) is 1.75. The number of pyridine rings is 1. The number of ketones is 1. The highest BCUT2D eigenvalue weighted by atomic mass is 32.1. The molecule has 83 heavy (non-hydrogen) atoms. The van der Waals surface area contributed by atoms with Crippen LogP contribution in [0, 0.1) is 46.3 Å². The highest BCUT2D eigenvalue weighted by molar-refractivity contribution is 7.10. The summed E-state index contributed by atoms with van der Waals surface area (Å²) < 4.78 is 8.29. The molecule has 3 aromatic heterocycles. The lowest BCUT2D eigenvalue weighted by atomic mass is 9.71. The third kappa shape index (κ3) is 18.8. The molecule has 8 rings (SSSR count). The van der Waals surface area contributed by atoms with E-state index < -0.39 is 6.04 Å². The van der Waals surface area contributed by atoms with E-state index in [-0.39, 0.29) is 40.7 Å². The number of carbonyl (C=O) groups is 4. The van der Waals surface area contributed by atoms with Crippen LogP contribution in [0.25, 0.3) is 33.4 Å². The number of carbonyl (C=O) groups excluding carboxylic acids is 4. The highest BCUT2D eigenvalue weighted by Crippen LogP contribution is 2.46. The Hall–Kier alpha value is -4.30. The summed E-state index contributed by atoms with van der Waals surface area (Å²) in [5, 5.41) is 9.40. The Morgan fingerprint density at radius 3 is 2.19 bits per heavy atom. The van der Waals surface area contributed by atoms with Gasteiger partial charge in [0.2, 0.25) is 5.91 Å². The van der Waals surface area contributed by atoms with E-state index in [1.165, 1.54) is 86.9 Å². The van der Waals surface area contributed by atoms with Crippen LogP contribution in [0.3, 0.4) is 0 Å². The van der Waals surface area contributed by atoms with Crippen molar-refractivity contribution in [1.29, 1.82) is 0 Å². The molecular formula is C70H113N7O5S. The van der Waals surface area contributed by atoms with Gasteiger partial charge >= 0.3 is 0 Å². The number of aryl methyl sites for hydroxylation is 1. The standard InChI is InChI=1S/C53H79N7O3S.C11H20O.C4H10.C2H4O/c1-10-36(5)32-53(12-3)25-19-28-58(35-53)48(38-20-14-15-21-38)50(61)57-43(51(62)60-29-17-16-27-55-60)31-46-56-44(34-64-46)39-23-24-45-41(30-39)42(33-52(7,8)11-2)49(59(45)13-4)40-22-18-26-54-47(40)37(6)63-9;1-7(2)11(10-5-6-10)8(3)9(4)12;1-3-4-2;1-2-3/h18,22-24,26,30,34,36-38,43,48,55H,10-17,19-21,25,27-29,31-33,35H2,1-9H3,(H,57,61);7-8,10-11H,5-6H2,1-4H3;3-4H2,1-2H3;2H,1H3. The van der Waals surface area contributed by atoms with Crippen molar-refractivity contribution in [1.82, 2.24) is 35.2 Å². The molecule has 7 unspecified atom stereocenters. The van der Waals surface area contributed by atoms with Crippen molar-refractivity contribution in [2.75, 3.05) is 33.3 Å². The SMILES string of the molecule is CC(=O)C(C)C(C(C)C)C1CC1.CC=O.CCC(C)CC1(CC)CCCN(C(C(=O)NC(Cc2nc(-c3ccc4c(c3)c(CC(C)(C)CC)c(-c3cccnc3C(C)OC)n4CC)cs2)C(=O)N2CCCCN2)C2CCCC2)C1.CCCC. The van der Waals surface area contributed by atoms with E-state index in [0.29, 0.717) is 42.4 Å². The minimum atomic E-state index is -0.712. The number of hydrazine groups is 1. The number of thiazole rings is 1. The third-order valence-corrected chi connectivity index (χ3v) is 20.1. The van der Waals surface area contributed by atoms with Gasteiger partial charge in [-0.2, -0.15) is 0 Å². The van der Waals surface area contributed by atoms with E-state index in [2.05, 4.69) is 140 Å². The molecule has 2 amide bonds. The van der Waals surface area contributed by atoms with Gasteiger partial charge in [0.1, 0.15) is 18.1 Å². The zero-order valence-corrected chi connectivity index (χ0v) is 55.6. The summed E-state index contributed by atoms with van der Waals surface area (Å²) >= 11 is 1.59. The maximum Gasteiger partial charge on any atom is 0.259 e. The minimum absolute atomic E-state index is 0.0235. The molecule has 5 heterocycles. The van der Waals surface area contributed by atoms with Gasteiger partial charge in [0.05, 0.1) is 34.2 Å². The Labute approximate surface area is 507 Å². The Morgan fingerprint density at radius 1 is 0.928 bits per heavy atom. The zero-order chi connectivity index (χ0) is 61.0. The van der Waals surface area contributed by atoms with Gasteiger partial charge in [-0.1, -0.05) is 121 Å². The fourth-order valence-corrected chi connectivity index (χ4v) is 14.3. The first-order valence-corrected chi connectivity index (χ1v) is 33.7. The average molecular weight is 1160 g/mol. The van der Waals surface area contributed by atoms with Crippen LogP contribution in [0.5, 0.6) is 0 Å². The number of fused-ring (bicyclic) bond motifs is 1. The maximum absolute atomic E-state index is 15.0. The molecule has 4 aliphatic rings. The summed E-state index contributed by atoms with van der Waals surface area (Å²) in [6.45, 7) is 36.5. The first kappa shape index (κ1) is 69.5. The van der Waals surface area contributed by atoms with Crippen LogP contribution >= 0.6 is 11.3 Å². The van der Waals surface area contributed by atoms with E-state index in [1.54, 1.807) is 30.4 Å². The lowest BCUT2D eigenvalue weighted by Crippen LogP contribution is -2.61. The van der Waals surface area contributed by atoms with Crippen molar-refractivity contribution in [2.45, 2.75) is 244 Å². The van der Waals surface area contributed by atoms with Crippen LogP contribution in [0.1, 0.15) is 229 Å². The number of aromatic nitrogens is 3. The number of rotatable bonds is 24. The summed E-state index contributed by atoms with van der Waals surface area (Å²) in [4.78, 5) is 62.1. The van der Waals surface area contributed by atoms with Gasteiger partial charge in [0.25, 0.3) is 5.91 Å². The monoisotopic (exact) mass is 1160 g/mol. The molecule has 0 radical (unpaired) electrons. The minimum Gasteiger partial charge on any atom is -0.375 e. The number of benzene rings is 1. The lowest BCUT2D eigenvalue weighted by molar-refractivity contribution is -0.142. The van der Waals surface area contributed by atoms with E-state index in [0.717, 1.165) is 117 Å². The topological polar surface area (TPSA) is 139 Å². The predicted molar refractivity (Wildman–Crippen MR) is 346 cm³/mol. The molecule has 4 fully saturated rings. The number of unbranched alkanes of at least 4 members (excludes halogenated alkanes) is 1. The quantitative estimate of drug-likeness (QED) is 0.0657. The van der Waals surface area contributed by atoms with E-state index >= 15 is 0 Å². The van der Waals surface area contributed by atoms with Crippen molar-refractivity contribution >= 4 is 46.1 Å². The van der Waals surface area contributed by atoms with Gasteiger partial charge in [-0.25, -0.2) is 10.4 Å². The van der Waals surface area contributed by atoms with Crippen LogP contribution in [-0.4, -0.2) is 93.7 Å². The number of piperidine rings is 1. The van der Waals surface area contributed by atoms with Crippen LogP contribution in [0.2, 0.25) is 0 Å². The molecule has 2 saturated carbocycles. The number of amides is 2. The van der Waals surface area contributed by atoms with Gasteiger partial charge < -0.3 is 19.4 Å². The van der Waals surface area contributed by atoms with Crippen molar-refractivity contribution < 1.29 is 23.9 Å². The van der Waals surface area contributed by atoms with Crippen molar-refractivity contribution in [3.05, 3.63) is 58.2 Å². The summed E-state index contributed by atoms with van der Waals surface area (Å²) in [6.07, 6.45) is 22.4. The number of nitrogens with one attached hydrogen (secondary N) is 2. The normalized spacial score (nSPS) is 19.9. The second-order valence-corrected chi connectivity index (χ2v) is 27.2. The number of hydrogen-bond acceptors (Lipinski definition) is 10. The van der Waals surface area contributed by atoms with Crippen molar-refractivity contribution in [3.8, 4) is 22.5 Å². The zero-order valence-electron chi connectivity index (χ0n) is 54.8. The van der Waals surface area contributed by atoms with Gasteiger partial charge in [-0.3, -0.25) is 29.3 Å². The molecule has 2 saturated heterocycles. The molecule has 464 valence electrons. The summed E-state index contributed by atoms with van der Waals surface area (Å²) in [5.74, 6) is 3.73. The number of aldehydes is 1. The summed E-state index contributed by atoms with van der Waals surface area (Å²) in [5.41, 5.74) is 11.4. The molecule has 4 aromatic rings. The van der Waals surface area contributed by atoms with Crippen LogP contribution in [-0.2, 0) is 43.3 Å². The van der Waals surface area contributed by atoms with Crippen LogP contribution in [0.15, 0.2) is 41.9 Å². The Bertz CT molecular complexity index is 2620. The van der Waals surface area contributed by atoms with Gasteiger partial charge in [0.15, 0.2) is 0 Å². The number of hydrogen-bond donors (Lipinski definition) is 2. The van der Waals surface area contributed by atoms with Crippen LogP contribution in [0.4, 0.5) is 0 Å². The van der Waals surface area contributed by atoms with Crippen molar-refractivity contribution in [2.24, 2.45) is 46.3 Å². The second kappa shape index (κ2) is 33.6. The van der Waals surface area contributed by atoms with E-state index in [4.69, 9.17) is 19.5 Å².